The van der Waals surface area contributed by atoms with Gasteiger partial charge >= 0.3 is 17.9 Å². The molecule has 0 aliphatic carbocycles. The summed E-state index contributed by atoms with van der Waals surface area (Å²) >= 11 is 0. The molecule has 0 saturated carbocycles. The van der Waals surface area contributed by atoms with E-state index in [1.165, 1.54) is 43.1 Å². The molecule has 19 nitrogen and oxygen atoms in total. The van der Waals surface area contributed by atoms with Crippen molar-refractivity contribution in [2.24, 2.45) is 0 Å². The van der Waals surface area contributed by atoms with Crippen LogP contribution in [-0.2, 0) is 24.0 Å². The summed E-state index contributed by atoms with van der Waals surface area (Å²) in [5, 5.41) is 34.4. The molecule has 4 rings (SSSR count). The van der Waals surface area contributed by atoms with Gasteiger partial charge in [-0.15, -0.1) is 0 Å². The zero-order valence-electron chi connectivity index (χ0n) is 34.3. The first-order valence-corrected chi connectivity index (χ1v) is 18.8. The number of carboxylic acids is 3. The number of carboxylic acid groups (broad SMARTS) is 3. The van der Waals surface area contributed by atoms with Crippen LogP contribution in [-0.4, -0.2) is 147 Å². The number of benzene rings is 4. The minimum absolute atomic E-state index is 0.00747. The number of amides is 2. The van der Waals surface area contributed by atoms with Crippen molar-refractivity contribution in [2.75, 3.05) is 109 Å². The number of carbonyl (C=O) groups excluding carboxylic acids is 2. The van der Waals surface area contributed by atoms with Crippen LogP contribution in [0.25, 0.3) is 22.3 Å². The Labute approximate surface area is 352 Å². The minimum Gasteiger partial charge on any atom is -0.495 e. The number of hydrogen-bond donors (Lipinski definition) is 7. The van der Waals surface area contributed by atoms with Crippen molar-refractivity contribution in [3.05, 3.63) is 72.8 Å². The topological polar surface area (TPSA) is 269 Å². The van der Waals surface area contributed by atoms with Crippen molar-refractivity contribution in [3.8, 4) is 45.3 Å². The van der Waals surface area contributed by atoms with E-state index in [1.54, 1.807) is 60.7 Å². The molecule has 19 heteroatoms. The molecule has 2 amide bonds. The highest BCUT2D eigenvalue weighted by molar-refractivity contribution is 5.95. The lowest BCUT2D eigenvalue weighted by molar-refractivity contribution is -0.140. The molecular formula is C42H51N7O12. The Morgan fingerprint density at radius 2 is 0.754 bits per heavy atom. The van der Waals surface area contributed by atoms with E-state index in [1.807, 2.05) is 12.1 Å². The minimum atomic E-state index is -1.21. The first-order chi connectivity index (χ1) is 29.1. The predicted octanol–water partition coefficient (Wildman–Crippen LogP) is 2.96. The van der Waals surface area contributed by atoms with Crippen LogP contribution in [0.2, 0.25) is 0 Å². The molecule has 0 fully saturated rings. The van der Waals surface area contributed by atoms with Gasteiger partial charge < -0.3 is 56.4 Å². The van der Waals surface area contributed by atoms with Crippen molar-refractivity contribution in [1.82, 2.24) is 14.7 Å². The van der Waals surface area contributed by atoms with Gasteiger partial charge in [-0.3, -0.25) is 38.7 Å². The molecule has 0 radical (unpaired) electrons. The second-order valence-electron chi connectivity index (χ2n) is 13.7. The summed E-state index contributed by atoms with van der Waals surface area (Å²) in [4.78, 5) is 66.0. The molecule has 61 heavy (non-hydrogen) atoms. The third kappa shape index (κ3) is 14.0. The molecule has 0 atom stereocenters. The van der Waals surface area contributed by atoms with E-state index in [0.29, 0.717) is 45.7 Å². The number of rotatable bonds is 24. The number of aliphatic carboxylic acids is 3. The Bertz CT molecular complexity index is 2060. The molecule has 0 saturated heterocycles. The zero-order chi connectivity index (χ0) is 44.6. The highest BCUT2D eigenvalue weighted by atomic mass is 16.5. The van der Waals surface area contributed by atoms with Gasteiger partial charge in [-0.1, -0.05) is 24.3 Å². The summed E-state index contributed by atoms with van der Waals surface area (Å²) in [6.45, 7) is -2.37. The standard InChI is InChI=1S/C42H51N7O12/c1-58-34-17-26(5-9-30(34)43)28-7-11-32(36(19-28)60-3)45-38(50)21-48(24-41(54)55)15-13-47(23-40(52)53)14-16-49(25-42(56)57)22-39(51)46-33-12-8-29(20-37(33)61-4)27-6-10-31(44)35(18-27)59-2/h5-12,17-20H,13-16,21-25,43-44H2,1-4H3,(H,45,50)(H,46,51)(H,52,53)(H,54,55)(H,56,57). The average molecular weight is 846 g/mol. The number of anilines is 4. The lowest BCUT2D eigenvalue weighted by Gasteiger charge is -2.28. The van der Waals surface area contributed by atoms with E-state index in [9.17, 15) is 39.3 Å². The van der Waals surface area contributed by atoms with Gasteiger partial charge in [0.15, 0.2) is 0 Å². The van der Waals surface area contributed by atoms with Crippen LogP contribution in [0.1, 0.15) is 0 Å². The predicted molar refractivity (Wildman–Crippen MR) is 228 cm³/mol. The maximum absolute atomic E-state index is 13.2. The fourth-order valence-electron chi connectivity index (χ4n) is 6.35. The Morgan fingerprint density at radius 1 is 0.459 bits per heavy atom. The molecule has 0 unspecified atom stereocenters. The quantitative estimate of drug-likeness (QED) is 0.0500. The van der Waals surface area contributed by atoms with Gasteiger partial charge in [-0.2, -0.15) is 0 Å². The Balaban J connectivity index is 1.39. The Hall–Kier alpha value is -7.09. The van der Waals surface area contributed by atoms with Crippen molar-refractivity contribution in [2.45, 2.75) is 0 Å². The number of methoxy groups -OCH3 is 4. The van der Waals surface area contributed by atoms with Gasteiger partial charge in [0, 0.05) is 26.2 Å². The van der Waals surface area contributed by atoms with Crippen LogP contribution >= 0.6 is 0 Å². The van der Waals surface area contributed by atoms with Crippen LogP contribution in [0, 0.1) is 0 Å². The molecule has 0 heterocycles. The molecule has 0 bridgehead atoms. The van der Waals surface area contributed by atoms with E-state index in [-0.39, 0.29) is 39.3 Å². The monoisotopic (exact) mass is 845 g/mol. The summed E-state index contributed by atoms with van der Waals surface area (Å²) in [6, 6.07) is 20.8. The van der Waals surface area contributed by atoms with E-state index >= 15 is 0 Å². The SMILES string of the molecule is COc1cc(-c2ccc(NC(=O)CN(CCN(CCN(CC(=O)O)CC(=O)Nc3ccc(-c4ccc(N)c(OC)c4)cc3OC)CC(=O)O)CC(=O)O)c(OC)c2)ccc1N. The molecule has 0 aliphatic rings. The fourth-order valence-corrected chi connectivity index (χ4v) is 6.35. The van der Waals surface area contributed by atoms with Gasteiger partial charge in [-0.05, 0) is 70.8 Å². The van der Waals surface area contributed by atoms with Crippen molar-refractivity contribution >= 4 is 52.5 Å². The normalized spacial score (nSPS) is 11.0. The van der Waals surface area contributed by atoms with E-state index < -0.39 is 49.4 Å². The summed E-state index contributed by atoms with van der Waals surface area (Å²) in [7, 11) is 5.89. The van der Waals surface area contributed by atoms with Crippen molar-refractivity contribution in [3.63, 3.8) is 0 Å². The average Bonchev–Trinajstić information content (AvgIpc) is 3.21. The van der Waals surface area contributed by atoms with Crippen LogP contribution in [0.3, 0.4) is 0 Å². The highest BCUT2D eigenvalue weighted by Gasteiger charge is 2.21. The van der Waals surface area contributed by atoms with Crippen molar-refractivity contribution < 1.29 is 58.2 Å². The smallest absolute Gasteiger partial charge is 0.317 e. The van der Waals surface area contributed by atoms with Crippen LogP contribution in [0.15, 0.2) is 72.8 Å². The highest BCUT2D eigenvalue weighted by Crippen LogP contribution is 2.35. The molecule has 326 valence electrons. The zero-order valence-corrected chi connectivity index (χ0v) is 34.3. The van der Waals surface area contributed by atoms with Crippen LogP contribution in [0.5, 0.6) is 23.0 Å². The Kier molecular flexibility index (Phi) is 17.1. The summed E-state index contributed by atoms with van der Waals surface area (Å²) in [6.07, 6.45) is 0. The Morgan fingerprint density at radius 3 is 1.08 bits per heavy atom. The molecule has 4 aromatic rings. The molecular weight excluding hydrogens is 794 g/mol. The van der Waals surface area contributed by atoms with Crippen LogP contribution < -0.4 is 41.0 Å². The number of nitrogen functional groups attached to an aromatic ring is 2. The number of nitrogens with zero attached hydrogens (tertiary/aromatic N) is 3. The van der Waals surface area contributed by atoms with Crippen LogP contribution in [0.4, 0.5) is 22.7 Å². The third-order valence-electron chi connectivity index (χ3n) is 9.36. The van der Waals surface area contributed by atoms with E-state index in [4.69, 9.17) is 30.4 Å². The second-order valence-corrected chi connectivity index (χ2v) is 13.7. The molecule has 9 N–H and O–H groups in total. The fraction of sp³-hybridized carbons (Fsp3) is 0.310. The van der Waals surface area contributed by atoms with E-state index in [0.717, 1.165) is 22.3 Å². The van der Waals surface area contributed by atoms with E-state index in [2.05, 4.69) is 10.6 Å². The largest absolute Gasteiger partial charge is 0.495 e. The molecule has 0 aromatic heterocycles. The molecule has 4 aromatic carbocycles. The number of nitrogens with one attached hydrogen (secondary N) is 2. The molecule has 0 spiro atoms. The van der Waals surface area contributed by atoms with Gasteiger partial charge in [0.05, 0.1) is 83.9 Å². The summed E-state index contributed by atoms with van der Waals surface area (Å²) < 4.78 is 21.7. The van der Waals surface area contributed by atoms with Gasteiger partial charge in [-0.25, -0.2) is 0 Å². The van der Waals surface area contributed by atoms with Gasteiger partial charge in [0.1, 0.15) is 23.0 Å². The summed E-state index contributed by atoms with van der Waals surface area (Å²) in [5.41, 5.74) is 16.6. The van der Waals surface area contributed by atoms with Gasteiger partial charge in [0.25, 0.3) is 0 Å². The van der Waals surface area contributed by atoms with Gasteiger partial charge in [0.2, 0.25) is 11.8 Å². The first-order valence-electron chi connectivity index (χ1n) is 18.8. The van der Waals surface area contributed by atoms with Crippen molar-refractivity contribution in [1.29, 1.82) is 0 Å². The number of nitrogens with two attached hydrogens (primary N) is 2. The lowest BCUT2D eigenvalue weighted by Crippen LogP contribution is -2.46. The maximum Gasteiger partial charge on any atom is 0.317 e. The number of carbonyl (C=O) groups is 5. The second kappa shape index (κ2) is 22.3. The lowest BCUT2D eigenvalue weighted by atomic mass is 10.0. The third-order valence-corrected chi connectivity index (χ3v) is 9.36. The molecule has 0 aliphatic heterocycles. The summed E-state index contributed by atoms with van der Waals surface area (Å²) in [5.74, 6) is -3.06. The number of hydrogen-bond acceptors (Lipinski definition) is 14. The maximum atomic E-state index is 13.2. The number of ether oxygens (including phenoxy) is 4. The first kappa shape index (κ1) is 46.6.